The molecule has 11 heteroatoms. The van der Waals surface area contributed by atoms with E-state index < -0.39 is 31.9 Å². The van der Waals surface area contributed by atoms with Gasteiger partial charge < -0.3 is 4.74 Å². The van der Waals surface area contributed by atoms with Gasteiger partial charge in [0.2, 0.25) is 15.9 Å². The van der Waals surface area contributed by atoms with Crippen molar-refractivity contribution in [2.24, 2.45) is 5.92 Å². The second-order valence-corrected chi connectivity index (χ2v) is 10.4. The van der Waals surface area contributed by atoms with Crippen LogP contribution in [0.15, 0.2) is 47.4 Å². The van der Waals surface area contributed by atoms with E-state index in [0.29, 0.717) is 4.31 Å². The van der Waals surface area contributed by atoms with Crippen molar-refractivity contribution in [3.05, 3.63) is 47.5 Å². The predicted molar refractivity (Wildman–Crippen MR) is 110 cm³/mol. The van der Waals surface area contributed by atoms with Crippen molar-refractivity contribution in [3.63, 3.8) is 0 Å². The van der Waals surface area contributed by atoms with Gasteiger partial charge in [-0.25, -0.2) is 21.1 Å². The third-order valence-electron chi connectivity index (χ3n) is 4.23. The first-order chi connectivity index (χ1) is 13.6. The molecular weight excluding hydrogens is 440 g/mol. The van der Waals surface area contributed by atoms with Gasteiger partial charge in [0.05, 0.1) is 34.7 Å². The van der Waals surface area contributed by atoms with Crippen LogP contribution in [0.2, 0.25) is 5.02 Å². The van der Waals surface area contributed by atoms with Gasteiger partial charge in [-0.3, -0.25) is 9.52 Å². The van der Waals surface area contributed by atoms with Crippen LogP contribution in [0, 0.1) is 5.92 Å². The Morgan fingerprint density at radius 2 is 1.93 bits per heavy atom. The van der Waals surface area contributed by atoms with Gasteiger partial charge in [-0.05, 0) is 37.3 Å². The Morgan fingerprint density at radius 3 is 2.52 bits per heavy atom. The molecule has 0 spiro atoms. The second-order valence-electron chi connectivity index (χ2n) is 6.43. The van der Waals surface area contributed by atoms with E-state index in [1.165, 1.54) is 31.2 Å². The summed E-state index contributed by atoms with van der Waals surface area (Å²) in [6.07, 6.45) is 0. The topological polar surface area (TPSA) is 110 Å². The third-order valence-corrected chi connectivity index (χ3v) is 7.81. The maximum absolute atomic E-state index is 13.0. The molecule has 0 aliphatic carbocycles. The van der Waals surface area contributed by atoms with E-state index in [1.807, 2.05) is 0 Å². The first kappa shape index (κ1) is 21.4. The average molecular weight is 459 g/mol. The normalized spacial score (nSPS) is 18.7. The molecule has 156 valence electrons. The Balaban J connectivity index is 2.11. The summed E-state index contributed by atoms with van der Waals surface area (Å²) in [4.78, 5) is 12.1. The number of nitrogens with zero attached hydrogens (tertiary/aromatic N) is 1. The lowest BCUT2D eigenvalue weighted by molar-refractivity contribution is -0.119. The number of sulfonamides is 2. The third kappa shape index (κ3) is 4.19. The zero-order chi connectivity index (χ0) is 21.4. The highest BCUT2D eigenvalue weighted by atomic mass is 35.5. The summed E-state index contributed by atoms with van der Waals surface area (Å²) in [5, 5.41) is 0.191. The number of benzene rings is 2. The summed E-state index contributed by atoms with van der Waals surface area (Å²) >= 11 is 6.04. The summed E-state index contributed by atoms with van der Waals surface area (Å²) in [7, 11) is -8.09. The van der Waals surface area contributed by atoms with Crippen LogP contribution < -0.4 is 13.8 Å². The molecular formula is C18H19ClN2O6S2. The molecule has 0 saturated carbocycles. The number of hydrogen-bond donors (Lipinski definition) is 1. The van der Waals surface area contributed by atoms with E-state index in [1.54, 1.807) is 19.1 Å². The van der Waals surface area contributed by atoms with Crippen molar-refractivity contribution in [1.29, 1.82) is 0 Å². The number of hydrogen-bond acceptors (Lipinski definition) is 6. The van der Waals surface area contributed by atoms with E-state index in [0.717, 1.165) is 6.07 Å². The number of carbonyl (C=O) groups is 1. The van der Waals surface area contributed by atoms with E-state index in [-0.39, 0.29) is 39.4 Å². The largest absolute Gasteiger partial charge is 0.492 e. The molecule has 0 aromatic heterocycles. The van der Waals surface area contributed by atoms with Crippen molar-refractivity contribution in [2.75, 3.05) is 21.4 Å². The number of anilines is 2. The molecule has 0 bridgehead atoms. The Kier molecular flexibility index (Phi) is 5.79. The van der Waals surface area contributed by atoms with Crippen LogP contribution in [-0.4, -0.2) is 35.1 Å². The van der Waals surface area contributed by atoms with Gasteiger partial charge in [-0.2, -0.15) is 0 Å². The maximum Gasteiger partial charge on any atom is 0.265 e. The fourth-order valence-electron chi connectivity index (χ4n) is 2.94. The van der Waals surface area contributed by atoms with Gasteiger partial charge in [-0.1, -0.05) is 30.7 Å². The fourth-order valence-corrected chi connectivity index (χ4v) is 6.23. The Labute approximate surface area is 174 Å². The number of amides is 1. The first-order valence-electron chi connectivity index (χ1n) is 8.68. The van der Waals surface area contributed by atoms with E-state index in [2.05, 4.69) is 4.72 Å². The van der Waals surface area contributed by atoms with Gasteiger partial charge >= 0.3 is 0 Å². The molecule has 1 amide bonds. The smallest absolute Gasteiger partial charge is 0.265 e. The molecule has 1 N–H and O–H groups in total. The summed E-state index contributed by atoms with van der Waals surface area (Å²) in [5.74, 6) is -1.64. The van der Waals surface area contributed by atoms with Crippen molar-refractivity contribution < 1.29 is 26.4 Å². The van der Waals surface area contributed by atoms with Crippen LogP contribution >= 0.6 is 11.6 Å². The van der Waals surface area contributed by atoms with Gasteiger partial charge in [0, 0.05) is 0 Å². The number of nitrogens with one attached hydrogen (secondary N) is 1. The van der Waals surface area contributed by atoms with Gasteiger partial charge in [0.1, 0.15) is 10.6 Å². The highest BCUT2D eigenvalue weighted by molar-refractivity contribution is 7.94. The molecule has 1 unspecified atom stereocenters. The maximum atomic E-state index is 13.0. The van der Waals surface area contributed by atoms with Gasteiger partial charge in [0.25, 0.3) is 10.0 Å². The highest BCUT2D eigenvalue weighted by Crippen LogP contribution is 2.35. The van der Waals surface area contributed by atoms with Gasteiger partial charge in [-0.15, -0.1) is 0 Å². The number of rotatable bonds is 6. The van der Waals surface area contributed by atoms with Crippen LogP contribution in [0.4, 0.5) is 11.4 Å². The van der Waals surface area contributed by atoms with Crippen LogP contribution in [0.3, 0.4) is 0 Å². The predicted octanol–water partition coefficient (Wildman–Crippen LogP) is 2.85. The van der Waals surface area contributed by atoms with Crippen molar-refractivity contribution in [3.8, 4) is 5.75 Å². The molecule has 1 fully saturated rings. The van der Waals surface area contributed by atoms with Crippen molar-refractivity contribution in [2.45, 2.75) is 18.7 Å². The quantitative estimate of drug-likeness (QED) is 0.712. The minimum Gasteiger partial charge on any atom is -0.492 e. The molecule has 29 heavy (non-hydrogen) atoms. The molecule has 1 saturated heterocycles. The first-order valence-corrected chi connectivity index (χ1v) is 12.1. The lowest BCUT2D eigenvalue weighted by Crippen LogP contribution is -2.30. The lowest BCUT2D eigenvalue weighted by Gasteiger charge is -2.19. The zero-order valence-corrected chi connectivity index (χ0v) is 18.0. The number of carbonyl (C=O) groups excluding carboxylic acids is 1. The zero-order valence-electron chi connectivity index (χ0n) is 15.6. The molecule has 3 rings (SSSR count). The van der Waals surface area contributed by atoms with Crippen LogP contribution in [0.1, 0.15) is 13.8 Å². The van der Waals surface area contributed by atoms with Crippen molar-refractivity contribution in [1.82, 2.24) is 0 Å². The lowest BCUT2D eigenvalue weighted by atomic mass is 10.2. The highest BCUT2D eigenvalue weighted by Gasteiger charge is 2.42. The van der Waals surface area contributed by atoms with E-state index in [4.69, 9.17) is 16.3 Å². The SMILES string of the molecule is CCOc1ccc(N2C(=O)C(C)CS2(=O)=O)cc1S(=O)(=O)Nc1ccccc1Cl. The van der Waals surface area contributed by atoms with Crippen LogP contribution in [0.25, 0.3) is 0 Å². The standard InChI is InChI=1S/C18H19ClN2O6S2/c1-3-27-16-9-8-13(21-18(22)12(2)11-28(21,23)24)10-17(16)29(25,26)20-15-7-5-4-6-14(15)19/h4-10,12,20H,3,11H2,1-2H3. The molecule has 2 aromatic rings. The summed E-state index contributed by atoms with van der Waals surface area (Å²) < 4.78 is 59.2. The fraction of sp³-hybridized carbons (Fsp3) is 0.278. The molecule has 0 radical (unpaired) electrons. The molecule has 1 atom stereocenters. The molecule has 2 aromatic carbocycles. The summed E-state index contributed by atoms with van der Waals surface area (Å²) in [6, 6.07) is 10.0. The average Bonchev–Trinajstić information content (AvgIpc) is 2.84. The van der Waals surface area contributed by atoms with Gasteiger partial charge in [0.15, 0.2) is 0 Å². The Bertz CT molecular complexity index is 1160. The Morgan fingerprint density at radius 1 is 1.24 bits per heavy atom. The molecule has 8 nitrogen and oxygen atoms in total. The minimum atomic E-state index is -4.20. The summed E-state index contributed by atoms with van der Waals surface area (Å²) in [5.41, 5.74) is 0.0860. The number of halogens is 1. The molecule has 1 heterocycles. The minimum absolute atomic E-state index is 0.0212. The summed E-state index contributed by atoms with van der Waals surface area (Å²) in [6.45, 7) is 3.37. The van der Waals surface area contributed by atoms with Crippen LogP contribution in [0.5, 0.6) is 5.75 Å². The Hall–Kier alpha value is -2.30. The van der Waals surface area contributed by atoms with E-state index >= 15 is 0 Å². The molecule has 1 aliphatic heterocycles. The second kappa shape index (κ2) is 7.85. The van der Waals surface area contributed by atoms with Crippen molar-refractivity contribution >= 4 is 48.9 Å². The molecule has 1 aliphatic rings. The number of para-hydroxylation sites is 1. The van der Waals surface area contributed by atoms with Crippen LogP contribution in [-0.2, 0) is 24.8 Å². The monoisotopic (exact) mass is 458 g/mol. The van der Waals surface area contributed by atoms with E-state index in [9.17, 15) is 21.6 Å². The number of ether oxygens (including phenoxy) is 1.